The Bertz CT molecular complexity index is 435. The van der Waals surface area contributed by atoms with E-state index in [0.29, 0.717) is 18.5 Å². The van der Waals surface area contributed by atoms with E-state index >= 15 is 0 Å². The molecule has 0 radical (unpaired) electrons. The van der Waals surface area contributed by atoms with Crippen LogP contribution in [0.1, 0.15) is 37.4 Å². The molecule has 0 spiro atoms. The van der Waals surface area contributed by atoms with Crippen molar-refractivity contribution >= 4 is 5.97 Å². The molecule has 1 aromatic carbocycles. The smallest absolute Gasteiger partial charge is 0.333 e. The van der Waals surface area contributed by atoms with E-state index in [1.807, 2.05) is 13.0 Å². The average molecular weight is 261 g/mol. The third-order valence-corrected chi connectivity index (χ3v) is 3.18. The molecule has 104 valence electrons. The van der Waals surface area contributed by atoms with Crippen molar-refractivity contribution < 1.29 is 9.53 Å². The van der Waals surface area contributed by atoms with Gasteiger partial charge in [0, 0.05) is 18.2 Å². The molecule has 1 atom stereocenters. The average Bonchev–Trinajstić information content (AvgIpc) is 2.43. The predicted molar refractivity (Wildman–Crippen MR) is 78.0 cm³/mol. The molecule has 3 heteroatoms. The second-order valence-electron chi connectivity index (χ2n) is 4.62. The fourth-order valence-electron chi connectivity index (χ4n) is 1.83. The van der Waals surface area contributed by atoms with Gasteiger partial charge in [0.1, 0.15) is 0 Å². The molecule has 0 saturated carbocycles. The first-order valence-corrected chi connectivity index (χ1v) is 6.65. The fraction of sp³-hybridized carbons (Fsp3) is 0.438. The summed E-state index contributed by atoms with van der Waals surface area (Å²) < 4.78 is 4.72. The van der Waals surface area contributed by atoms with Crippen LogP contribution in [-0.2, 0) is 9.53 Å². The summed E-state index contributed by atoms with van der Waals surface area (Å²) in [6, 6.07) is 8.72. The number of aryl methyl sites for hydroxylation is 1. The molecule has 0 aliphatic rings. The molecule has 0 bridgehead atoms. The van der Waals surface area contributed by atoms with Crippen molar-refractivity contribution in [2.24, 2.45) is 0 Å². The highest BCUT2D eigenvalue weighted by atomic mass is 16.5. The summed E-state index contributed by atoms with van der Waals surface area (Å²) in [4.78, 5) is 11.4. The van der Waals surface area contributed by atoms with Crippen molar-refractivity contribution in [2.45, 2.75) is 33.2 Å². The normalized spacial score (nSPS) is 13.2. The van der Waals surface area contributed by atoms with Crippen LogP contribution in [0.5, 0.6) is 0 Å². The minimum absolute atomic E-state index is 0.243. The first kappa shape index (κ1) is 15.4. The van der Waals surface area contributed by atoms with E-state index < -0.39 is 0 Å². The summed E-state index contributed by atoms with van der Waals surface area (Å²) >= 11 is 0. The van der Waals surface area contributed by atoms with Crippen LogP contribution >= 0.6 is 0 Å². The lowest BCUT2D eigenvalue weighted by atomic mass is 10.1. The van der Waals surface area contributed by atoms with Crippen LogP contribution < -0.4 is 5.32 Å². The maximum absolute atomic E-state index is 11.4. The number of ether oxygens (including phenoxy) is 1. The zero-order valence-corrected chi connectivity index (χ0v) is 12.2. The number of carbonyl (C=O) groups is 1. The monoisotopic (exact) mass is 261 g/mol. The van der Waals surface area contributed by atoms with E-state index in [1.165, 1.54) is 18.2 Å². The van der Waals surface area contributed by atoms with Crippen LogP contribution in [-0.4, -0.2) is 19.6 Å². The van der Waals surface area contributed by atoms with Gasteiger partial charge in [0.25, 0.3) is 0 Å². The fourth-order valence-corrected chi connectivity index (χ4v) is 1.83. The summed E-state index contributed by atoms with van der Waals surface area (Å²) in [5, 5.41) is 3.38. The minimum atomic E-state index is -0.243. The molecule has 1 N–H and O–H groups in total. The number of methoxy groups -OCH3 is 1. The lowest BCUT2D eigenvalue weighted by molar-refractivity contribution is -0.136. The molecule has 0 unspecified atom stereocenters. The predicted octanol–water partition coefficient (Wildman–Crippen LogP) is 3.16. The molecule has 0 aromatic heterocycles. The van der Waals surface area contributed by atoms with E-state index in [4.69, 9.17) is 4.74 Å². The van der Waals surface area contributed by atoms with Gasteiger partial charge in [-0.2, -0.15) is 0 Å². The first-order valence-electron chi connectivity index (χ1n) is 6.65. The van der Waals surface area contributed by atoms with Gasteiger partial charge >= 0.3 is 5.97 Å². The Labute approximate surface area is 115 Å². The van der Waals surface area contributed by atoms with Crippen LogP contribution in [0.15, 0.2) is 35.9 Å². The van der Waals surface area contributed by atoms with Gasteiger partial charge in [0.2, 0.25) is 0 Å². The molecule has 0 saturated heterocycles. The zero-order valence-electron chi connectivity index (χ0n) is 12.2. The van der Waals surface area contributed by atoms with Gasteiger partial charge in [-0.1, -0.05) is 42.8 Å². The maximum Gasteiger partial charge on any atom is 0.333 e. The summed E-state index contributed by atoms with van der Waals surface area (Å²) in [7, 11) is 1.41. The minimum Gasteiger partial charge on any atom is -0.466 e. The van der Waals surface area contributed by atoms with Gasteiger partial charge in [-0.05, 0) is 25.8 Å². The molecule has 19 heavy (non-hydrogen) atoms. The van der Waals surface area contributed by atoms with Crippen molar-refractivity contribution in [1.29, 1.82) is 0 Å². The van der Waals surface area contributed by atoms with Gasteiger partial charge in [-0.25, -0.2) is 4.79 Å². The molecular formula is C16H23NO2. The number of hydrogen-bond acceptors (Lipinski definition) is 3. The Kier molecular flexibility index (Phi) is 6.30. The summed E-state index contributed by atoms with van der Waals surface area (Å²) in [5.41, 5.74) is 3.22. The summed E-state index contributed by atoms with van der Waals surface area (Å²) in [5.74, 6) is -0.243. The number of rotatable bonds is 6. The standard InChI is InChI=1S/C16H23NO2/c1-5-14(16(18)19-4)10-11-17-13(3)15-8-6-12(2)7-9-15/h6-10,13,17H,5,11H2,1-4H3/b14-10-/t13-/m0/s1. The molecule has 0 amide bonds. The van der Waals surface area contributed by atoms with E-state index in [9.17, 15) is 4.79 Å². The third-order valence-electron chi connectivity index (χ3n) is 3.18. The highest BCUT2D eigenvalue weighted by molar-refractivity contribution is 5.88. The zero-order chi connectivity index (χ0) is 14.3. The Balaban J connectivity index is 2.54. The SMILES string of the molecule is CC/C(=C/CN[C@@H](C)c1ccc(C)cc1)C(=O)OC. The van der Waals surface area contributed by atoms with Crippen molar-refractivity contribution in [2.75, 3.05) is 13.7 Å². The summed E-state index contributed by atoms with van der Waals surface area (Å²) in [6.45, 7) is 6.80. The van der Waals surface area contributed by atoms with Crippen LogP contribution in [0.4, 0.5) is 0 Å². The van der Waals surface area contributed by atoms with Gasteiger partial charge in [0.05, 0.1) is 7.11 Å². The van der Waals surface area contributed by atoms with Gasteiger partial charge in [-0.3, -0.25) is 0 Å². The molecule has 1 aromatic rings. The Hall–Kier alpha value is -1.61. The second-order valence-corrected chi connectivity index (χ2v) is 4.62. The molecule has 0 aliphatic heterocycles. The Morgan fingerprint density at radius 1 is 1.37 bits per heavy atom. The van der Waals surface area contributed by atoms with Crippen molar-refractivity contribution in [3.8, 4) is 0 Å². The number of carbonyl (C=O) groups excluding carboxylic acids is 1. The quantitative estimate of drug-likeness (QED) is 0.631. The number of hydrogen-bond donors (Lipinski definition) is 1. The third kappa shape index (κ3) is 4.87. The van der Waals surface area contributed by atoms with Gasteiger partial charge in [0.15, 0.2) is 0 Å². The number of benzene rings is 1. The van der Waals surface area contributed by atoms with Crippen LogP contribution in [0.3, 0.4) is 0 Å². The topological polar surface area (TPSA) is 38.3 Å². The van der Waals surface area contributed by atoms with E-state index in [2.05, 4.69) is 43.4 Å². The molecular weight excluding hydrogens is 238 g/mol. The number of nitrogens with one attached hydrogen (secondary N) is 1. The van der Waals surface area contributed by atoms with E-state index in [-0.39, 0.29) is 12.0 Å². The molecule has 0 aliphatic carbocycles. The first-order chi connectivity index (χ1) is 9.08. The molecule has 1 rings (SSSR count). The van der Waals surface area contributed by atoms with Crippen LogP contribution in [0.25, 0.3) is 0 Å². The molecule has 3 nitrogen and oxygen atoms in total. The largest absolute Gasteiger partial charge is 0.466 e. The van der Waals surface area contributed by atoms with Crippen molar-refractivity contribution in [3.63, 3.8) is 0 Å². The number of esters is 1. The Morgan fingerprint density at radius 3 is 2.53 bits per heavy atom. The molecule has 0 heterocycles. The van der Waals surface area contributed by atoms with Crippen LogP contribution in [0.2, 0.25) is 0 Å². The highest BCUT2D eigenvalue weighted by Crippen LogP contribution is 2.13. The molecule has 0 fully saturated rings. The van der Waals surface area contributed by atoms with Crippen molar-refractivity contribution in [3.05, 3.63) is 47.0 Å². The van der Waals surface area contributed by atoms with Gasteiger partial charge in [-0.15, -0.1) is 0 Å². The lowest BCUT2D eigenvalue weighted by Gasteiger charge is -2.13. The van der Waals surface area contributed by atoms with Crippen molar-refractivity contribution in [1.82, 2.24) is 5.32 Å². The Morgan fingerprint density at radius 2 is 2.00 bits per heavy atom. The second kappa shape index (κ2) is 7.74. The highest BCUT2D eigenvalue weighted by Gasteiger charge is 2.07. The van der Waals surface area contributed by atoms with E-state index in [1.54, 1.807) is 0 Å². The van der Waals surface area contributed by atoms with E-state index in [0.717, 1.165) is 0 Å². The lowest BCUT2D eigenvalue weighted by Crippen LogP contribution is -2.19. The van der Waals surface area contributed by atoms with Crippen LogP contribution in [0, 0.1) is 6.92 Å². The van der Waals surface area contributed by atoms with Gasteiger partial charge < -0.3 is 10.1 Å². The summed E-state index contributed by atoms with van der Waals surface area (Å²) in [6.07, 6.45) is 2.59. The maximum atomic E-state index is 11.4.